The van der Waals surface area contributed by atoms with E-state index in [1.807, 2.05) is 25.1 Å². The van der Waals surface area contributed by atoms with Gasteiger partial charge in [-0.2, -0.15) is 5.26 Å². The number of nitrogens with zero attached hydrogens (tertiary/aromatic N) is 1. The number of carbonyl (C=O) groups is 1. The quantitative estimate of drug-likeness (QED) is 0.788. The molecule has 0 fully saturated rings. The van der Waals surface area contributed by atoms with Crippen molar-refractivity contribution in [1.29, 1.82) is 5.26 Å². The summed E-state index contributed by atoms with van der Waals surface area (Å²) >= 11 is 7.20. The summed E-state index contributed by atoms with van der Waals surface area (Å²) in [5.41, 5.74) is 1.74. The van der Waals surface area contributed by atoms with Gasteiger partial charge in [0.25, 0.3) is 0 Å². The molecule has 1 unspecified atom stereocenters. The van der Waals surface area contributed by atoms with Crippen molar-refractivity contribution in [3.8, 4) is 6.07 Å². The molecule has 1 aromatic carbocycles. The lowest BCUT2D eigenvalue weighted by Gasteiger charge is -2.08. The lowest BCUT2D eigenvalue weighted by Crippen LogP contribution is -2.10. The summed E-state index contributed by atoms with van der Waals surface area (Å²) in [6.07, 6.45) is 0. The van der Waals surface area contributed by atoms with Crippen molar-refractivity contribution in [3.05, 3.63) is 56.7 Å². The topological polar surface area (TPSA) is 40.9 Å². The smallest absolute Gasteiger partial charge is 0.195 e. The molecule has 18 heavy (non-hydrogen) atoms. The van der Waals surface area contributed by atoms with Crippen LogP contribution in [0.5, 0.6) is 0 Å². The van der Waals surface area contributed by atoms with Crippen LogP contribution >= 0.6 is 22.9 Å². The van der Waals surface area contributed by atoms with Crippen molar-refractivity contribution in [2.24, 2.45) is 0 Å². The van der Waals surface area contributed by atoms with Gasteiger partial charge in [0.15, 0.2) is 5.78 Å². The zero-order chi connectivity index (χ0) is 13.1. The molecule has 0 saturated heterocycles. The molecule has 2 nitrogen and oxygen atoms in total. The number of nitriles is 1. The molecule has 0 aliphatic carbocycles. The summed E-state index contributed by atoms with van der Waals surface area (Å²) in [6.45, 7) is 1.93. The second-order valence-corrected chi connectivity index (χ2v) is 5.26. The van der Waals surface area contributed by atoms with Gasteiger partial charge in [-0.05, 0) is 23.9 Å². The Kier molecular flexibility index (Phi) is 3.81. The van der Waals surface area contributed by atoms with Gasteiger partial charge in [-0.25, -0.2) is 0 Å². The zero-order valence-electron chi connectivity index (χ0n) is 9.68. The highest BCUT2D eigenvalue weighted by molar-refractivity contribution is 7.12. The molecule has 0 bridgehead atoms. The van der Waals surface area contributed by atoms with E-state index >= 15 is 0 Å². The fraction of sp³-hybridized carbons (Fsp3) is 0.143. The Morgan fingerprint density at radius 3 is 2.78 bits per heavy atom. The normalized spacial score (nSPS) is 11.8. The maximum absolute atomic E-state index is 12.3. The summed E-state index contributed by atoms with van der Waals surface area (Å²) in [5, 5.41) is 11.4. The summed E-state index contributed by atoms with van der Waals surface area (Å²) in [5.74, 6) is -1.02. The van der Waals surface area contributed by atoms with E-state index in [2.05, 4.69) is 6.07 Å². The fourth-order valence-corrected chi connectivity index (χ4v) is 2.85. The molecule has 0 N–H and O–H groups in total. The number of thiophene rings is 1. The highest BCUT2D eigenvalue weighted by atomic mass is 35.5. The molecular formula is C14H10ClNOS. The molecular weight excluding hydrogens is 266 g/mol. The number of hydrogen-bond acceptors (Lipinski definition) is 3. The van der Waals surface area contributed by atoms with Gasteiger partial charge in [0.05, 0.1) is 16.0 Å². The average molecular weight is 276 g/mol. The maximum atomic E-state index is 12.3. The van der Waals surface area contributed by atoms with Gasteiger partial charge in [0, 0.05) is 0 Å². The van der Waals surface area contributed by atoms with E-state index < -0.39 is 5.92 Å². The van der Waals surface area contributed by atoms with Gasteiger partial charge in [0.1, 0.15) is 5.92 Å². The second kappa shape index (κ2) is 5.34. The van der Waals surface area contributed by atoms with Crippen molar-refractivity contribution >= 4 is 28.7 Å². The molecule has 2 rings (SSSR count). The Morgan fingerprint density at radius 2 is 2.22 bits per heavy atom. The second-order valence-electron chi connectivity index (χ2n) is 3.94. The van der Waals surface area contributed by atoms with Crippen molar-refractivity contribution in [1.82, 2.24) is 0 Å². The van der Waals surface area contributed by atoms with E-state index in [0.717, 1.165) is 5.56 Å². The van der Waals surface area contributed by atoms with Crippen LogP contribution in [0.15, 0.2) is 35.7 Å². The van der Waals surface area contributed by atoms with E-state index in [0.29, 0.717) is 15.5 Å². The summed E-state index contributed by atoms with van der Waals surface area (Å²) < 4.78 is 0. The molecule has 90 valence electrons. The molecule has 0 aliphatic heterocycles. The SMILES string of the molecule is Cc1cccc(C(C#N)C(=O)c2sccc2Cl)c1. The van der Waals surface area contributed by atoms with Crippen molar-refractivity contribution in [3.63, 3.8) is 0 Å². The van der Waals surface area contributed by atoms with Crippen molar-refractivity contribution < 1.29 is 4.79 Å². The number of aryl methyl sites for hydroxylation is 1. The van der Waals surface area contributed by atoms with E-state index in [9.17, 15) is 10.1 Å². The van der Waals surface area contributed by atoms with Crippen molar-refractivity contribution in [2.45, 2.75) is 12.8 Å². The number of ketones is 1. The van der Waals surface area contributed by atoms with Gasteiger partial charge >= 0.3 is 0 Å². The molecule has 1 aromatic heterocycles. The molecule has 1 atom stereocenters. The van der Waals surface area contributed by atoms with Crippen molar-refractivity contribution in [2.75, 3.05) is 0 Å². The summed E-state index contributed by atoms with van der Waals surface area (Å²) in [4.78, 5) is 12.7. The zero-order valence-corrected chi connectivity index (χ0v) is 11.3. The summed E-state index contributed by atoms with van der Waals surface area (Å²) in [7, 11) is 0. The largest absolute Gasteiger partial charge is 0.291 e. The predicted octanol–water partition coefficient (Wildman–Crippen LogP) is 4.20. The number of hydrogen-bond donors (Lipinski definition) is 0. The predicted molar refractivity (Wildman–Crippen MR) is 73.2 cm³/mol. The molecule has 4 heteroatoms. The van der Waals surface area contributed by atoms with Crippen LogP contribution in [0.4, 0.5) is 0 Å². The van der Waals surface area contributed by atoms with Gasteiger partial charge in [-0.3, -0.25) is 4.79 Å². The van der Waals surface area contributed by atoms with Gasteiger partial charge in [-0.15, -0.1) is 11.3 Å². The first kappa shape index (κ1) is 12.8. The maximum Gasteiger partial charge on any atom is 0.195 e. The highest BCUT2D eigenvalue weighted by Gasteiger charge is 2.24. The minimum atomic E-state index is -0.791. The Balaban J connectivity index is 2.39. The van der Waals surface area contributed by atoms with Crippen LogP contribution in [0.2, 0.25) is 5.02 Å². The molecule has 0 amide bonds. The molecule has 0 aliphatic rings. The highest BCUT2D eigenvalue weighted by Crippen LogP contribution is 2.29. The van der Waals surface area contributed by atoms with Gasteiger partial charge in [-0.1, -0.05) is 41.4 Å². The minimum absolute atomic E-state index is 0.233. The molecule has 2 aromatic rings. The van der Waals surface area contributed by atoms with Crippen LogP contribution in [0, 0.1) is 18.3 Å². The van der Waals surface area contributed by atoms with E-state index in [-0.39, 0.29) is 5.78 Å². The van der Waals surface area contributed by atoms with Crippen LogP contribution in [0.25, 0.3) is 0 Å². The van der Waals surface area contributed by atoms with Crippen LogP contribution in [0.3, 0.4) is 0 Å². The Morgan fingerprint density at radius 1 is 1.44 bits per heavy atom. The lowest BCUT2D eigenvalue weighted by atomic mass is 9.94. The Bertz CT molecular complexity index is 627. The minimum Gasteiger partial charge on any atom is -0.291 e. The standard InChI is InChI=1S/C14H10ClNOS/c1-9-3-2-4-10(7-9)11(8-16)13(17)14-12(15)5-6-18-14/h2-7,11H,1H3. The van der Waals surface area contributed by atoms with Gasteiger partial charge < -0.3 is 0 Å². The first-order valence-corrected chi connectivity index (χ1v) is 6.62. The lowest BCUT2D eigenvalue weighted by molar-refractivity contribution is 0.0983. The molecule has 0 saturated carbocycles. The van der Waals surface area contributed by atoms with E-state index in [1.165, 1.54) is 11.3 Å². The number of Topliss-reactive ketones (excluding diaryl/α,β-unsaturated/α-hetero) is 1. The summed E-state index contributed by atoms with van der Waals surface area (Å²) in [6, 6.07) is 11.2. The number of carbonyl (C=O) groups excluding carboxylic acids is 1. The Labute approximate surface area is 114 Å². The van der Waals surface area contributed by atoms with E-state index in [1.54, 1.807) is 17.5 Å². The molecule has 1 heterocycles. The first-order valence-electron chi connectivity index (χ1n) is 5.37. The van der Waals surface area contributed by atoms with E-state index in [4.69, 9.17) is 11.6 Å². The average Bonchev–Trinajstić information content (AvgIpc) is 2.76. The third-order valence-corrected chi connectivity index (χ3v) is 3.96. The third-order valence-electron chi connectivity index (χ3n) is 2.61. The van der Waals surface area contributed by atoms with Crippen LogP contribution in [0.1, 0.15) is 26.7 Å². The number of halogens is 1. The third kappa shape index (κ3) is 2.45. The fourth-order valence-electron chi connectivity index (χ4n) is 1.73. The Hall–Kier alpha value is -1.63. The van der Waals surface area contributed by atoms with Gasteiger partial charge in [0.2, 0.25) is 0 Å². The van der Waals surface area contributed by atoms with Crippen LogP contribution in [-0.2, 0) is 0 Å². The van der Waals surface area contributed by atoms with Crippen LogP contribution in [-0.4, -0.2) is 5.78 Å². The van der Waals surface area contributed by atoms with Crippen LogP contribution < -0.4 is 0 Å². The number of rotatable bonds is 3. The first-order chi connectivity index (χ1) is 8.63. The molecule has 0 radical (unpaired) electrons. The molecule has 0 spiro atoms. The number of benzene rings is 1. The monoisotopic (exact) mass is 275 g/mol.